The van der Waals surface area contributed by atoms with Crippen LogP contribution < -0.4 is 5.14 Å². The minimum atomic E-state index is -3.82. The molecular weight excluding hydrogens is 333 g/mol. The Morgan fingerprint density at radius 1 is 1.33 bits per heavy atom. The van der Waals surface area contributed by atoms with Crippen LogP contribution in [-0.2, 0) is 23.0 Å². The molecule has 0 saturated carbocycles. The topological polar surface area (TPSA) is 78.0 Å². The second-order valence-electron chi connectivity index (χ2n) is 4.65. The lowest BCUT2D eigenvalue weighted by Gasteiger charge is -2.09. The fourth-order valence-electron chi connectivity index (χ4n) is 1.96. The van der Waals surface area contributed by atoms with Crippen LogP contribution in [0.15, 0.2) is 29.4 Å². The van der Waals surface area contributed by atoms with E-state index in [1.54, 1.807) is 22.8 Å². The molecule has 0 spiro atoms. The van der Waals surface area contributed by atoms with Crippen molar-refractivity contribution in [2.75, 3.05) is 0 Å². The maximum atomic E-state index is 11.4. The van der Waals surface area contributed by atoms with E-state index in [1.807, 2.05) is 6.92 Å². The zero-order valence-corrected chi connectivity index (χ0v) is 13.7. The summed E-state index contributed by atoms with van der Waals surface area (Å²) in [6.07, 6.45) is 2.93. The number of halogens is 2. The largest absolute Gasteiger partial charge is 0.329 e. The van der Waals surface area contributed by atoms with Gasteiger partial charge in [-0.15, -0.1) is 0 Å². The number of primary sulfonamides is 1. The summed E-state index contributed by atoms with van der Waals surface area (Å²) in [5, 5.41) is 6.08. The number of aromatic nitrogens is 2. The van der Waals surface area contributed by atoms with Gasteiger partial charge < -0.3 is 4.57 Å². The quantitative estimate of drug-likeness (QED) is 0.902. The van der Waals surface area contributed by atoms with Crippen molar-refractivity contribution in [1.82, 2.24) is 9.55 Å². The van der Waals surface area contributed by atoms with Crippen LogP contribution in [0.5, 0.6) is 0 Å². The fraction of sp³-hybridized carbons (Fsp3) is 0.308. The molecule has 0 aliphatic rings. The maximum absolute atomic E-state index is 11.4. The Kier molecular flexibility index (Phi) is 4.93. The van der Waals surface area contributed by atoms with E-state index in [4.69, 9.17) is 28.3 Å². The van der Waals surface area contributed by atoms with Gasteiger partial charge in [-0.3, -0.25) is 0 Å². The van der Waals surface area contributed by atoms with E-state index in [0.717, 1.165) is 12.0 Å². The van der Waals surface area contributed by atoms with Crippen molar-refractivity contribution in [2.45, 2.75) is 31.3 Å². The Morgan fingerprint density at radius 2 is 2.05 bits per heavy atom. The molecule has 114 valence electrons. The summed E-state index contributed by atoms with van der Waals surface area (Å²) in [7, 11) is -3.82. The van der Waals surface area contributed by atoms with Crippen LogP contribution >= 0.6 is 23.2 Å². The summed E-state index contributed by atoms with van der Waals surface area (Å²) in [6.45, 7) is 2.40. The molecule has 1 aromatic carbocycles. The van der Waals surface area contributed by atoms with E-state index in [9.17, 15) is 8.42 Å². The normalized spacial score (nSPS) is 11.8. The van der Waals surface area contributed by atoms with Crippen molar-refractivity contribution in [3.8, 4) is 0 Å². The smallest absolute Gasteiger partial charge is 0.257 e. The van der Waals surface area contributed by atoms with Crippen molar-refractivity contribution < 1.29 is 8.42 Å². The molecule has 21 heavy (non-hydrogen) atoms. The van der Waals surface area contributed by atoms with Crippen LogP contribution in [0.4, 0.5) is 0 Å². The number of hydrogen-bond donors (Lipinski definition) is 1. The summed E-state index contributed by atoms with van der Waals surface area (Å²) in [6, 6.07) is 5.19. The molecule has 2 N–H and O–H groups in total. The maximum Gasteiger partial charge on any atom is 0.257 e. The molecule has 0 bridgehead atoms. The zero-order valence-electron chi connectivity index (χ0n) is 11.4. The van der Waals surface area contributed by atoms with Crippen molar-refractivity contribution in [1.29, 1.82) is 0 Å². The van der Waals surface area contributed by atoms with Crippen molar-refractivity contribution >= 4 is 33.2 Å². The summed E-state index contributed by atoms with van der Waals surface area (Å²) in [4.78, 5) is 4.10. The highest BCUT2D eigenvalue weighted by atomic mass is 35.5. The van der Waals surface area contributed by atoms with Gasteiger partial charge in [-0.1, -0.05) is 36.2 Å². The van der Waals surface area contributed by atoms with Gasteiger partial charge in [0.15, 0.2) is 5.03 Å². The molecular formula is C13H15Cl2N3O2S. The van der Waals surface area contributed by atoms with E-state index in [1.165, 1.54) is 6.20 Å². The molecule has 0 atom stereocenters. The minimum Gasteiger partial charge on any atom is -0.329 e. The third-order valence-electron chi connectivity index (χ3n) is 2.96. The first kappa shape index (κ1) is 16.3. The molecule has 0 aliphatic carbocycles. The minimum absolute atomic E-state index is 0.129. The third kappa shape index (κ3) is 3.97. The Balaban J connectivity index is 2.40. The van der Waals surface area contributed by atoms with E-state index in [2.05, 4.69) is 4.98 Å². The summed E-state index contributed by atoms with van der Waals surface area (Å²) < 4.78 is 24.6. The summed E-state index contributed by atoms with van der Waals surface area (Å²) in [5.41, 5.74) is 0.830. The molecule has 2 rings (SSSR count). The molecule has 5 nitrogen and oxygen atoms in total. The highest BCUT2D eigenvalue weighted by Crippen LogP contribution is 2.23. The van der Waals surface area contributed by atoms with Crippen molar-refractivity contribution in [2.24, 2.45) is 5.14 Å². The average Bonchev–Trinajstić information content (AvgIpc) is 2.76. The van der Waals surface area contributed by atoms with E-state index >= 15 is 0 Å². The molecule has 1 aromatic heterocycles. The first-order valence-electron chi connectivity index (χ1n) is 6.34. The second-order valence-corrected chi connectivity index (χ2v) is 7.01. The number of nitrogens with two attached hydrogens (primary N) is 1. The van der Waals surface area contributed by atoms with Gasteiger partial charge in [0.05, 0.1) is 6.54 Å². The highest BCUT2D eigenvalue weighted by molar-refractivity contribution is 7.89. The Labute approximate surface area is 133 Å². The molecule has 0 saturated heterocycles. The van der Waals surface area contributed by atoms with E-state index in [0.29, 0.717) is 28.8 Å². The lowest BCUT2D eigenvalue weighted by Crippen LogP contribution is -2.12. The molecule has 0 fully saturated rings. The Hall–Kier alpha value is -1.08. The van der Waals surface area contributed by atoms with Gasteiger partial charge in [0, 0.05) is 22.7 Å². The molecule has 2 aromatic rings. The van der Waals surface area contributed by atoms with Crippen LogP contribution in [0.3, 0.4) is 0 Å². The molecule has 0 amide bonds. The van der Waals surface area contributed by atoms with Crippen LogP contribution in [0.2, 0.25) is 10.0 Å². The molecule has 8 heteroatoms. The monoisotopic (exact) mass is 347 g/mol. The van der Waals surface area contributed by atoms with Crippen LogP contribution in [-0.4, -0.2) is 18.0 Å². The zero-order chi connectivity index (χ0) is 15.6. The number of rotatable bonds is 5. The predicted molar refractivity (Wildman–Crippen MR) is 83.2 cm³/mol. The van der Waals surface area contributed by atoms with Crippen molar-refractivity contribution in [3.63, 3.8) is 0 Å². The van der Waals surface area contributed by atoms with Crippen LogP contribution in [0.25, 0.3) is 0 Å². The molecule has 0 unspecified atom stereocenters. The first-order chi connectivity index (χ1) is 9.81. The van der Waals surface area contributed by atoms with E-state index in [-0.39, 0.29) is 5.03 Å². The Bertz CT molecular complexity index is 757. The number of sulfonamides is 1. The van der Waals surface area contributed by atoms with Crippen LogP contribution in [0.1, 0.15) is 24.7 Å². The summed E-state index contributed by atoms with van der Waals surface area (Å²) in [5.74, 6) is 0.660. The SMILES string of the molecule is CCCc1nc(S(N)(=O)=O)cn1Cc1ccc(Cl)cc1Cl. The number of hydrogen-bond acceptors (Lipinski definition) is 3. The second kappa shape index (κ2) is 6.36. The van der Waals surface area contributed by atoms with Gasteiger partial charge in [-0.25, -0.2) is 18.5 Å². The van der Waals surface area contributed by atoms with Gasteiger partial charge in [0.2, 0.25) is 0 Å². The van der Waals surface area contributed by atoms with Gasteiger partial charge in [0.1, 0.15) is 5.82 Å². The highest BCUT2D eigenvalue weighted by Gasteiger charge is 2.16. The van der Waals surface area contributed by atoms with Crippen LogP contribution in [0, 0.1) is 0 Å². The van der Waals surface area contributed by atoms with E-state index < -0.39 is 10.0 Å². The van der Waals surface area contributed by atoms with Gasteiger partial charge in [-0.2, -0.15) is 0 Å². The Morgan fingerprint density at radius 3 is 2.62 bits per heavy atom. The number of benzene rings is 1. The lowest BCUT2D eigenvalue weighted by molar-refractivity contribution is 0.594. The van der Waals surface area contributed by atoms with Gasteiger partial charge >= 0.3 is 0 Å². The van der Waals surface area contributed by atoms with Crippen molar-refractivity contribution in [3.05, 3.63) is 45.8 Å². The average molecular weight is 348 g/mol. The number of nitrogens with zero attached hydrogens (tertiary/aromatic N) is 2. The number of aryl methyl sites for hydroxylation is 1. The predicted octanol–water partition coefficient (Wildman–Crippen LogP) is 2.84. The summed E-state index contributed by atoms with van der Waals surface area (Å²) >= 11 is 12.0. The third-order valence-corrected chi connectivity index (χ3v) is 4.32. The standard InChI is InChI=1S/C13H15Cl2N3O2S/c1-2-3-12-17-13(21(16,19)20)8-18(12)7-9-4-5-10(14)6-11(9)15/h4-6,8H,2-3,7H2,1H3,(H2,16,19,20). The van der Waals surface area contributed by atoms with Gasteiger partial charge in [-0.05, 0) is 24.1 Å². The van der Waals surface area contributed by atoms with Gasteiger partial charge in [0.25, 0.3) is 10.0 Å². The first-order valence-corrected chi connectivity index (χ1v) is 8.64. The fourth-order valence-corrected chi connectivity index (χ4v) is 2.93. The molecule has 0 aliphatic heterocycles. The number of imidazole rings is 1. The molecule has 0 radical (unpaired) electrons. The molecule has 1 heterocycles. The lowest BCUT2D eigenvalue weighted by atomic mass is 10.2.